The summed E-state index contributed by atoms with van der Waals surface area (Å²) in [7, 11) is -3.40. The van der Waals surface area contributed by atoms with Gasteiger partial charge in [0.2, 0.25) is 0 Å². The quantitative estimate of drug-likeness (QED) is 0.907. The van der Waals surface area contributed by atoms with Gasteiger partial charge in [-0.2, -0.15) is 4.31 Å². The topological polar surface area (TPSA) is 60.9 Å². The molecule has 3 heterocycles. The maximum absolute atomic E-state index is 12.7. The molecule has 2 aliphatic heterocycles. The highest BCUT2D eigenvalue weighted by Gasteiger charge is 2.36. The van der Waals surface area contributed by atoms with Crippen LogP contribution in [0, 0.1) is 6.92 Å². The van der Waals surface area contributed by atoms with Crippen LogP contribution in [0.5, 0.6) is 0 Å². The molecule has 0 amide bonds. The largest absolute Gasteiger partial charge is 0.391 e. The first-order valence-corrected chi connectivity index (χ1v) is 9.72. The first kappa shape index (κ1) is 15.4. The van der Waals surface area contributed by atoms with E-state index in [4.69, 9.17) is 0 Å². The van der Waals surface area contributed by atoms with Gasteiger partial charge in [0.05, 0.1) is 6.61 Å². The van der Waals surface area contributed by atoms with Crippen LogP contribution in [0.3, 0.4) is 0 Å². The predicted molar refractivity (Wildman–Crippen MR) is 82.9 cm³/mol. The molecule has 0 aliphatic carbocycles. The number of aliphatic hydroxyl groups excluding tert-OH is 1. The van der Waals surface area contributed by atoms with Gasteiger partial charge in [0.1, 0.15) is 4.21 Å². The number of hydrogen-bond acceptors (Lipinski definition) is 5. The van der Waals surface area contributed by atoms with Gasteiger partial charge in [0.25, 0.3) is 10.0 Å². The Labute approximate surface area is 130 Å². The van der Waals surface area contributed by atoms with Gasteiger partial charge in [-0.15, -0.1) is 11.3 Å². The Morgan fingerprint density at radius 1 is 1.33 bits per heavy atom. The number of aryl methyl sites for hydroxylation is 1. The standard InChI is InChI=1S/C14H22N2O3S2/c1-11-8-14(20-13(11)10-17)21(18,19)16-7-4-12(9-16)15-5-2-3-6-15/h8,12,17H,2-7,9-10H2,1H3. The Morgan fingerprint density at radius 2 is 2.05 bits per heavy atom. The number of nitrogens with zero attached hydrogens (tertiary/aromatic N) is 2. The predicted octanol–water partition coefficient (Wildman–Crippen LogP) is 1.41. The summed E-state index contributed by atoms with van der Waals surface area (Å²) in [5, 5.41) is 9.24. The van der Waals surface area contributed by atoms with Crippen molar-refractivity contribution in [3.63, 3.8) is 0 Å². The van der Waals surface area contributed by atoms with Crippen LogP contribution in [-0.4, -0.2) is 55.0 Å². The Kier molecular flexibility index (Phi) is 4.38. The number of hydrogen-bond donors (Lipinski definition) is 1. The molecule has 2 saturated heterocycles. The second-order valence-electron chi connectivity index (χ2n) is 5.88. The average Bonchev–Trinajstić information content (AvgIpc) is 3.18. The Bertz CT molecular complexity index is 606. The van der Waals surface area contributed by atoms with Crippen molar-refractivity contribution in [3.05, 3.63) is 16.5 Å². The molecule has 3 rings (SSSR count). The molecule has 0 spiro atoms. The summed E-state index contributed by atoms with van der Waals surface area (Å²) in [4.78, 5) is 3.16. The molecule has 1 N–H and O–H groups in total. The summed E-state index contributed by atoms with van der Waals surface area (Å²) < 4.78 is 27.4. The van der Waals surface area contributed by atoms with Gasteiger partial charge in [-0.1, -0.05) is 0 Å². The first-order chi connectivity index (χ1) is 10.0. The molecule has 0 saturated carbocycles. The first-order valence-electron chi connectivity index (χ1n) is 7.47. The molecule has 118 valence electrons. The number of rotatable bonds is 4. The minimum absolute atomic E-state index is 0.0948. The van der Waals surface area contributed by atoms with Crippen LogP contribution < -0.4 is 0 Å². The number of sulfonamides is 1. The van der Waals surface area contributed by atoms with E-state index in [1.165, 1.54) is 24.2 Å². The fraction of sp³-hybridized carbons (Fsp3) is 0.714. The van der Waals surface area contributed by atoms with Crippen LogP contribution in [0.4, 0.5) is 0 Å². The summed E-state index contributed by atoms with van der Waals surface area (Å²) in [6, 6.07) is 2.06. The zero-order chi connectivity index (χ0) is 15.0. The van der Waals surface area contributed by atoms with Crippen LogP contribution in [0.2, 0.25) is 0 Å². The summed E-state index contributed by atoms with van der Waals surface area (Å²) >= 11 is 1.19. The second-order valence-corrected chi connectivity index (χ2v) is 9.18. The molecular formula is C14H22N2O3S2. The number of likely N-dealkylation sites (tertiary alicyclic amines) is 1. The van der Waals surface area contributed by atoms with Gasteiger partial charge in [-0.05, 0) is 50.9 Å². The minimum Gasteiger partial charge on any atom is -0.391 e. The zero-order valence-electron chi connectivity index (χ0n) is 12.3. The highest BCUT2D eigenvalue weighted by atomic mass is 32.2. The normalized spacial score (nSPS) is 25.0. The Hall–Kier alpha value is -0.470. The highest BCUT2D eigenvalue weighted by molar-refractivity contribution is 7.91. The maximum Gasteiger partial charge on any atom is 0.252 e. The number of thiophene rings is 1. The van der Waals surface area contributed by atoms with Crippen molar-refractivity contribution >= 4 is 21.4 Å². The third kappa shape index (κ3) is 2.90. The molecule has 1 atom stereocenters. The van der Waals surface area contributed by atoms with Gasteiger partial charge in [0.15, 0.2) is 0 Å². The van der Waals surface area contributed by atoms with Crippen molar-refractivity contribution < 1.29 is 13.5 Å². The molecule has 1 unspecified atom stereocenters. The smallest absolute Gasteiger partial charge is 0.252 e. The van der Waals surface area contributed by atoms with Gasteiger partial charge in [-0.25, -0.2) is 8.42 Å². The lowest BCUT2D eigenvalue weighted by Crippen LogP contribution is -2.36. The van der Waals surface area contributed by atoms with Gasteiger partial charge in [0, 0.05) is 24.0 Å². The van der Waals surface area contributed by atoms with Crippen molar-refractivity contribution in [2.24, 2.45) is 0 Å². The van der Waals surface area contributed by atoms with Crippen LogP contribution in [0.1, 0.15) is 29.7 Å². The van der Waals surface area contributed by atoms with Crippen molar-refractivity contribution in [2.75, 3.05) is 26.2 Å². The van der Waals surface area contributed by atoms with Gasteiger partial charge in [-0.3, -0.25) is 4.90 Å². The molecule has 2 aliphatic rings. The van der Waals surface area contributed by atoms with Crippen molar-refractivity contribution in [1.29, 1.82) is 0 Å². The summed E-state index contributed by atoms with van der Waals surface area (Å²) in [5.74, 6) is 0. The van der Waals surface area contributed by atoms with Crippen molar-refractivity contribution in [3.8, 4) is 0 Å². The lowest BCUT2D eigenvalue weighted by Gasteiger charge is -2.23. The fourth-order valence-corrected chi connectivity index (χ4v) is 6.33. The summed E-state index contributed by atoms with van der Waals surface area (Å²) in [6.07, 6.45) is 3.39. The van der Waals surface area contributed by atoms with Crippen molar-refractivity contribution in [1.82, 2.24) is 9.21 Å². The SMILES string of the molecule is Cc1cc(S(=O)(=O)N2CCC(N3CCCC3)C2)sc1CO. The van der Waals surface area contributed by atoms with E-state index in [0.717, 1.165) is 30.0 Å². The molecule has 1 aromatic heterocycles. The Morgan fingerprint density at radius 3 is 2.67 bits per heavy atom. The van der Waals surface area contributed by atoms with E-state index in [2.05, 4.69) is 4.90 Å². The van der Waals surface area contributed by atoms with E-state index in [9.17, 15) is 13.5 Å². The molecule has 21 heavy (non-hydrogen) atoms. The monoisotopic (exact) mass is 330 g/mol. The maximum atomic E-state index is 12.7. The molecule has 0 aromatic carbocycles. The highest BCUT2D eigenvalue weighted by Crippen LogP contribution is 2.31. The van der Waals surface area contributed by atoms with E-state index in [1.807, 2.05) is 6.92 Å². The van der Waals surface area contributed by atoms with Crippen molar-refractivity contribution in [2.45, 2.75) is 43.0 Å². The third-order valence-corrected chi connectivity index (χ3v) is 8.06. The Balaban J connectivity index is 1.76. The molecule has 0 radical (unpaired) electrons. The lowest BCUT2D eigenvalue weighted by atomic mass is 10.2. The molecular weight excluding hydrogens is 308 g/mol. The molecule has 0 bridgehead atoms. The van der Waals surface area contributed by atoms with E-state index in [-0.39, 0.29) is 6.61 Å². The average molecular weight is 330 g/mol. The number of aliphatic hydroxyl groups is 1. The van der Waals surface area contributed by atoms with E-state index >= 15 is 0 Å². The second kappa shape index (κ2) is 5.96. The molecule has 7 heteroatoms. The van der Waals surface area contributed by atoms with E-state index < -0.39 is 10.0 Å². The van der Waals surface area contributed by atoms with E-state index in [1.54, 1.807) is 10.4 Å². The van der Waals surface area contributed by atoms with E-state index in [0.29, 0.717) is 23.3 Å². The third-order valence-electron chi connectivity index (χ3n) is 4.52. The fourth-order valence-electron chi connectivity index (χ4n) is 3.23. The van der Waals surface area contributed by atoms with Crippen LogP contribution >= 0.6 is 11.3 Å². The summed E-state index contributed by atoms with van der Waals surface area (Å²) in [5.41, 5.74) is 0.858. The zero-order valence-corrected chi connectivity index (χ0v) is 13.9. The van der Waals surface area contributed by atoms with Gasteiger partial charge >= 0.3 is 0 Å². The molecule has 1 aromatic rings. The lowest BCUT2D eigenvalue weighted by molar-refractivity contribution is 0.251. The van der Waals surface area contributed by atoms with Crippen LogP contribution in [-0.2, 0) is 16.6 Å². The van der Waals surface area contributed by atoms with Crippen LogP contribution in [0.25, 0.3) is 0 Å². The minimum atomic E-state index is -3.40. The van der Waals surface area contributed by atoms with Crippen LogP contribution in [0.15, 0.2) is 10.3 Å². The van der Waals surface area contributed by atoms with Gasteiger partial charge < -0.3 is 5.11 Å². The molecule has 2 fully saturated rings. The summed E-state index contributed by atoms with van der Waals surface area (Å²) in [6.45, 7) is 5.17. The molecule has 5 nitrogen and oxygen atoms in total.